The van der Waals surface area contributed by atoms with Gasteiger partial charge in [0.1, 0.15) is 0 Å². The maximum absolute atomic E-state index is 11.1. The van der Waals surface area contributed by atoms with E-state index in [1.54, 1.807) is 6.07 Å². The minimum absolute atomic E-state index is 0.102. The lowest BCUT2D eigenvalue weighted by molar-refractivity contribution is 0.0698. The Hall–Kier alpha value is -1.46. The zero-order chi connectivity index (χ0) is 13.7. The molecule has 0 spiro atoms. The third-order valence-electron chi connectivity index (χ3n) is 2.43. The average molecular weight is 272 g/mol. The summed E-state index contributed by atoms with van der Waals surface area (Å²) in [5.74, 6) is -1.04. The molecule has 6 heteroatoms. The molecule has 0 bridgehead atoms. The first-order chi connectivity index (χ1) is 8.41. The highest BCUT2D eigenvalue weighted by Crippen LogP contribution is 2.29. The molecule has 1 aromatic rings. The molecule has 0 saturated heterocycles. The molecule has 4 N–H and O–H groups in total. The number of halogens is 1. The monoisotopic (exact) mass is 271 g/mol. The molecular formula is C12H18ClN3O2. The van der Waals surface area contributed by atoms with Crippen molar-refractivity contribution >= 4 is 28.9 Å². The van der Waals surface area contributed by atoms with Crippen molar-refractivity contribution < 1.29 is 9.90 Å². The Morgan fingerprint density at radius 3 is 2.72 bits per heavy atom. The van der Waals surface area contributed by atoms with E-state index in [9.17, 15) is 4.79 Å². The van der Waals surface area contributed by atoms with Crippen molar-refractivity contribution in [1.29, 1.82) is 0 Å². The Bertz CT molecular complexity index is 436. The van der Waals surface area contributed by atoms with Gasteiger partial charge in [-0.05, 0) is 39.2 Å². The van der Waals surface area contributed by atoms with Gasteiger partial charge in [0.15, 0.2) is 0 Å². The molecule has 0 fully saturated rings. The summed E-state index contributed by atoms with van der Waals surface area (Å²) in [6.07, 6.45) is 0.896. The quantitative estimate of drug-likeness (QED) is 0.545. The third kappa shape index (κ3) is 4.09. The third-order valence-corrected chi connectivity index (χ3v) is 2.72. The van der Waals surface area contributed by atoms with E-state index in [1.165, 1.54) is 6.07 Å². The van der Waals surface area contributed by atoms with Gasteiger partial charge in [-0.1, -0.05) is 11.6 Å². The molecule has 0 aliphatic carbocycles. The summed E-state index contributed by atoms with van der Waals surface area (Å²) in [7, 11) is 3.97. The molecule has 0 saturated carbocycles. The van der Waals surface area contributed by atoms with Crippen LogP contribution in [0.5, 0.6) is 0 Å². The molecule has 1 aromatic carbocycles. The molecule has 0 atom stereocenters. The number of carbonyl (C=O) groups is 1. The molecule has 0 radical (unpaired) electrons. The Morgan fingerprint density at radius 1 is 1.50 bits per heavy atom. The Balaban J connectivity index is 2.77. The number of nitrogens with zero attached hydrogens (tertiary/aromatic N) is 1. The van der Waals surface area contributed by atoms with Crippen molar-refractivity contribution in [1.82, 2.24) is 4.90 Å². The number of carboxylic acids is 1. The van der Waals surface area contributed by atoms with E-state index in [1.807, 2.05) is 14.1 Å². The lowest BCUT2D eigenvalue weighted by Gasteiger charge is -2.14. The van der Waals surface area contributed by atoms with Crippen molar-refractivity contribution in [3.63, 3.8) is 0 Å². The fraction of sp³-hybridized carbons (Fsp3) is 0.417. The zero-order valence-electron chi connectivity index (χ0n) is 10.5. The first-order valence-electron chi connectivity index (χ1n) is 5.62. The summed E-state index contributed by atoms with van der Waals surface area (Å²) in [5.41, 5.74) is 6.45. The number of nitrogens with one attached hydrogen (secondary N) is 1. The second-order valence-electron chi connectivity index (χ2n) is 4.31. The summed E-state index contributed by atoms with van der Waals surface area (Å²) in [5, 5.41) is 12.5. The molecule has 0 heterocycles. The topological polar surface area (TPSA) is 78.6 Å². The highest BCUT2D eigenvalue weighted by molar-refractivity contribution is 6.34. The van der Waals surface area contributed by atoms with Crippen molar-refractivity contribution in [3.8, 4) is 0 Å². The zero-order valence-corrected chi connectivity index (χ0v) is 11.3. The number of anilines is 2. The molecule has 100 valence electrons. The predicted octanol–water partition coefficient (Wildman–Crippen LogP) is 1.98. The van der Waals surface area contributed by atoms with E-state index in [2.05, 4.69) is 10.2 Å². The minimum atomic E-state index is -1.04. The Morgan fingerprint density at radius 2 is 2.17 bits per heavy atom. The standard InChI is InChI=1S/C12H18ClN3O2/c1-16(2)5-3-4-15-11-9(12(17)18)6-8(14)7-10(11)13/h6-7,15H,3-5,14H2,1-2H3,(H,17,18). The fourth-order valence-electron chi connectivity index (χ4n) is 1.58. The maximum atomic E-state index is 11.1. The van der Waals surface area contributed by atoms with Gasteiger partial charge >= 0.3 is 5.97 Å². The van der Waals surface area contributed by atoms with E-state index in [0.29, 0.717) is 22.9 Å². The molecule has 1 rings (SSSR count). The van der Waals surface area contributed by atoms with Gasteiger partial charge in [-0.2, -0.15) is 0 Å². The van der Waals surface area contributed by atoms with E-state index < -0.39 is 5.97 Å². The second kappa shape index (κ2) is 6.47. The number of hydrogen-bond donors (Lipinski definition) is 3. The lowest BCUT2D eigenvalue weighted by atomic mass is 10.1. The number of hydrogen-bond acceptors (Lipinski definition) is 4. The van der Waals surface area contributed by atoms with Crippen LogP contribution < -0.4 is 11.1 Å². The van der Waals surface area contributed by atoms with Crippen LogP contribution in [0.3, 0.4) is 0 Å². The molecule has 0 aromatic heterocycles. The largest absolute Gasteiger partial charge is 0.478 e. The molecule has 0 aliphatic rings. The summed E-state index contributed by atoms with van der Waals surface area (Å²) >= 11 is 6.00. The van der Waals surface area contributed by atoms with Gasteiger partial charge in [0.2, 0.25) is 0 Å². The lowest BCUT2D eigenvalue weighted by Crippen LogP contribution is -2.17. The van der Waals surface area contributed by atoms with Crippen LogP contribution in [0.1, 0.15) is 16.8 Å². The van der Waals surface area contributed by atoms with Crippen LogP contribution in [0, 0.1) is 0 Å². The number of carboxylic acid groups (broad SMARTS) is 1. The smallest absolute Gasteiger partial charge is 0.337 e. The van der Waals surface area contributed by atoms with Gasteiger partial charge < -0.3 is 21.1 Å². The molecular weight excluding hydrogens is 254 g/mol. The van der Waals surface area contributed by atoms with Crippen LogP contribution in [0.15, 0.2) is 12.1 Å². The van der Waals surface area contributed by atoms with Gasteiger partial charge in [0.25, 0.3) is 0 Å². The molecule has 0 aliphatic heterocycles. The molecule has 18 heavy (non-hydrogen) atoms. The number of nitrogen functional groups attached to an aromatic ring is 1. The van der Waals surface area contributed by atoms with E-state index >= 15 is 0 Å². The van der Waals surface area contributed by atoms with Crippen LogP contribution in [-0.4, -0.2) is 43.2 Å². The SMILES string of the molecule is CN(C)CCCNc1c(Cl)cc(N)cc1C(=O)O. The average Bonchev–Trinajstić information content (AvgIpc) is 2.25. The van der Waals surface area contributed by atoms with Crippen molar-refractivity contribution in [2.45, 2.75) is 6.42 Å². The normalized spacial score (nSPS) is 10.7. The predicted molar refractivity (Wildman–Crippen MR) is 74.5 cm³/mol. The number of aromatic carboxylic acids is 1. The van der Waals surface area contributed by atoms with Crippen LogP contribution in [0.2, 0.25) is 5.02 Å². The summed E-state index contributed by atoms with van der Waals surface area (Å²) in [6.45, 7) is 1.57. The first-order valence-corrected chi connectivity index (χ1v) is 6.00. The van der Waals surface area contributed by atoms with Gasteiger partial charge in [-0.25, -0.2) is 4.79 Å². The minimum Gasteiger partial charge on any atom is -0.478 e. The highest BCUT2D eigenvalue weighted by atomic mass is 35.5. The van der Waals surface area contributed by atoms with Gasteiger partial charge in [0, 0.05) is 12.2 Å². The van der Waals surface area contributed by atoms with Crippen LogP contribution >= 0.6 is 11.6 Å². The van der Waals surface area contributed by atoms with Crippen LogP contribution in [0.4, 0.5) is 11.4 Å². The van der Waals surface area contributed by atoms with Gasteiger partial charge in [-0.3, -0.25) is 0 Å². The number of nitrogens with two attached hydrogens (primary N) is 1. The summed E-state index contributed by atoms with van der Waals surface area (Å²) in [6, 6.07) is 2.95. The van der Waals surface area contributed by atoms with Crippen molar-refractivity contribution in [3.05, 3.63) is 22.7 Å². The molecule has 0 amide bonds. The van der Waals surface area contributed by atoms with E-state index in [0.717, 1.165) is 13.0 Å². The van der Waals surface area contributed by atoms with Gasteiger partial charge in [-0.15, -0.1) is 0 Å². The Labute approximate surface area is 112 Å². The van der Waals surface area contributed by atoms with Crippen molar-refractivity contribution in [2.75, 3.05) is 38.2 Å². The second-order valence-corrected chi connectivity index (χ2v) is 4.72. The van der Waals surface area contributed by atoms with Crippen molar-refractivity contribution in [2.24, 2.45) is 0 Å². The van der Waals surface area contributed by atoms with Gasteiger partial charge in [0.05, 0.1) is 16.3 Å². The fourth-order valence-corrected chi connectivity index (χ4v) is 1.88. The first kappa shape index (κ1) is 14.6. The summed E-state index contributed by atoms with van der Waals surface area (Å²) < 4.78 is 0. The Kier molecular flexibility index (Phi) is 5.25. The van der Waals surface area contributed by atoms with E-state index in [4.69, 9.17) is 22.4 Å². The molecule has 5 nitrogen and oxygen atoms in total. The van der Waals surface area contributed by atoms with E-state index in [-0.39, 0.29) is 5.56 Å². The van der Waals surface area contributed by atoms with Crippen LogP contribution in [0.25, 0.3) is 0 Å². The number of benzene rings is 1. The van der Waals surface area contributed by atoms with Crippen LogP contribution in [-0.2, 0) is 0 Å². The highest BCUT2D eigenvalue weighted by Gasteiger charge is 2.14. The summed E-state index contributed by atoms with van der Waals surface area (Å²) in [4.78, 5) is 13.2. The molecule has 0 unspecified atom stereocenters. The number of rotatable bonds is 6. The maximum Gasteiger partial charge on any atom is 0.337 e.